The Labute approximate surface area is 122 Å². The molecule has 0 fully saturated rings. The van der Waals surface area contributed by atoms with E-state index >= 15 is 0 Å². The topological polar surface area (TPSA) is 23.5 Å². The van der Waals surface area contributed by atoms with Crippen LogP contribution in [0.4, 0.5) is 0 Å². The van der Waals surface area contributed by atoms with Crippen molar-refractivity contribution in [2.75, 3.05) is 7.05 Å². The van der Waals surface area contributed by atoms with E-state index in [1.807, 2.05) is 18.2 Å². The van der Waals surface area contributed by atoms with Crippen LogP contribution < -0.4 is 0 Å². The van der Waals surface area contributed by atoms with Gasteiger partial charge in [0.2, 0.25) is 0 Å². The van der Waals surface area contributed by atoms with E-state index in [0.29, 0.717) is 11.8 Å². The first-order valence-electron chi connectivity index (χ1n) is 6.65. The second-order valence-electron chi connectivity index (χ2n) is 5.02. The molecule has 2 atom stereocenters. The van der Waals surface area contributed by atoms with Crippen molar-refractivity contribution in [1.82, 2.24) is 4.90 Å². The molecule has 0 aliphatic rings. The zero-order valence-electron chi connectivity index (χ0n) is 11.7. The van der Waals surface area contributed by atoms with E-state index in [0.717, 1.165) is 5.56 Å². The Balaban J connectivity index is 0.00000200. The highest BCUT2D eigenvalue weighted by molar-refractivity contribution is 5.29. The third kappa shape index (κ3) is 3.61. The predicted octanol–water partition coefficient (Wildman–Crippen LogP) is 4.78. The fourth-order valence-electron chi connectivity index (χ4n) is 2.32. The third-order valence-electron chi connectivity index (χ3n) is 3.86. The lowest BCUT2D eigenvalue weighted by molar-refractivity contribution is 0.199. The maximum Gasteiger partial charge on any atom is 0.115 e. The average Bonchev–Trinajstić information content (AvgIpc) is 2.46. The van der Waals surface area contributed by atoms with Crippen molar-refractivity contribution in [1.29, 1.82) is 0 Å². The molecule has 0 heterocycles. The molecule has 0 amide bonds. The maximum absolute atomic E-state index is 9.58. The highest BCUT2D eigenvalue weighted by atomic mass is 16.3. The second kappa shape index (κ2) is 7.11. The van der Waals surface area contributed by atoms with Gasteiger partial charge in [-0.1, -0.05) is 49.9 Å². The molecule has 1 N–H and O–H groups in total. The van der Waals surface area contributed by atoms with Crippen LogP contribution in [0.3, 0.4) is 0 Å². The lowest BCUT2D eigenvalue weighted by atomic mass is 10.0. The molecule has 2 rings (SSSR count). The number of hydrogen-bond acceptors (Lipinski definition) is 2. The first-order chi connectivity index (χ1) is 9.09. The predicted molar refractivity (Wildman–Crippen MR) is 85.9 cm³/mol. The molecule has 20 heavy (non-hydrogen) atoms. The van der Waals surface area contributed by atoms with Crippen molar-refractivity contribution in [2.45, 2.75) is 33.4 Å². The van der Waals surface area contributed by atoms with Crippen LogP contribution in [0.2, 0.25) is 0 Å². The van der Waals surface area contributed by atoms with E-state index in [-0.39, 0.29) is 13.5 Å². The first kappa shape index (κ1) is 16.3. The molecule has 0 radical (unpaired) electrons. The fourth-order valence-corrected chi connectivity index (χ4v) is 2.32. The summed E-state index contributed by atoms with van der Waals surface area (Å²) in [6, 6.07) is 18.5. The van der Waals surface area contributed by atoms with Gasteiger partial charge < -0.3 is 5.11 Å². The lowest BCUT2D eigenvalue weighted by Gasteiger charge is -2.31. The molecule has 0 aliphatic heterocycles. The third-order valence-corrected chi connectivity index (χ3v) is 3.86. The molecular formula is C18H25NO. The summed E-state index contributed by atoms with van der Waals surface area (Å²) in [4.78, 5) is 2.31. The van der Waals surface area contributed by atoms with Crippen molar-refractivity contribution in [3.8, 4) is 5.75 Å². The number of hydrogen-bond donors (Lipinski definition) is 1. The van der Waals surface area contributed by atoms with Gasteiger partial charge in [0.15, 0.2) is 0 Å². The van der Waals surface area contributed by atoms with Crippen molar-refractivity contribution in [3.63, 3.8) is 0 Å². The minimum absolute atomic E-state index is 0. The summed E-state index contributed by atoms with van der Waals surface area (Å²) >= 11 is 0. The van der Waals surface area contributed by atoms with Crippen LogP contribution in [0, 0.1) is 0 Å². The summed E-state index contributed by atoms with van der Waals surface area (Å²) in [5.41, 5.74) is 2.43. The van der Waals surface area contributed by atoms with Crippen molar-refractivity contribution in [2.24, 2.45) is 0 Å². The van der Waals surface area contributed by atoms with Crippen molar-refractivity contribution in [3.05, 3.63) is 65.7 Å². The summed E-state index contributed by atoms with van der Waals surface area (Å²) in [6.07, 6.45) is 0. The molecule has 2 heteroatoms. The van der Waals surface area contributed by atoms with E-state index in [1.54, 1.807) is 6.07 Å². The number of phenolic OH excluding ortho intramolecular Hbond substituents is 1. The largest absolute Gasteiger partial charge is 0.508 e. The summed E-state index contributed by atoms with van der Waals surface area (Å²) in [7, 11) is 2.12. The van der Waals surface area contributed by atoms with Crippen LogP contribution in [-0.4, -0.2) is 17.1 Å². The van der Waals surface area contributed by atoms with Gasteiger partial charge in [0.05, 0.1) is 0 Å². The zero-order valence-corrected chi connectivity index (χ0v) is 11.7. The standard InChI is InChI=1S/C17H21NO.CH4/c1-13(15-8-5-4-6-9-15)18(3)14(2)16-10-7-11-17(19)12-16;/h4-14,19H,1-3H3;1H4/t13-,14-;/m0./s1. The van der Waals surface area contributed by atoms with Crippen LogP contribution in [0.5, 0.6) is 5.75 Å². The minimum Gasteiger partial charge on any atom is -0.508 e. The van der Waals surface area contributed by atoms with Gasteiger partial charge in [-0.3, -0.25) is 4.90 Å². The SMILES string of the molecule is C.C[C@@H](c1ccccc1)N(C)[C@@H](C)c1cccc(O)c1. The molecule has 0 bridgehead atoms. The first-order valence-corrected chi connectivity index (χ1v) is 6.65. The van der Waals surface area contributed by atoms with Gasteiger partial charge >= 0.3 is 0 Å². The molecule has 2 nitrogen and oxygen atoms in total. The molecule has 0 saturated carbocycles. The Morgan fingerprint density at radius 2 is 1.40 bits per heavy atom. The summed E-state index contributed by atoms with van der Waals surface area (Å²) in [5, 5.41) is 9.58. The molecule has 108 valence electrons. The van der Waals surface area contributed by atoms with Crippen molar-refractivity contribution < 1.29 is 5.11 Å². The number of phenols is 1. The summed E-state index contributed by atoms with van der Waals surface area (Å²) in [5.74, 6) is 0.324. The quantitative estimate of drug-likeness (QED) is 0.864. The molecule has 0 aliphatic carbocycles. The summed E-state index contributed by atoms with van der Waals surface area (Å²) < 4.78 is 0. The van der Waals surface area contributed by atoms with Crippen LogP contribution >= 0.6 is 0 Å². The van der Waals surface area contributed by atoms with Gasteiger partial charge in [-0.15, -0.1) is 0 Å². The van der Waals surface area contributed by atoms with E-state index < -0.39 is 0 Å². The molecule has 2 aromatic carbocycles. The highest BCUT2D eigenvalue weighted by Crippen LogP contribution is 2.29. The van der Waals surface area contributed by atoms with Gasteiger partial charge in [0.1, 0.15) is 5.75 Å². The van der Waals surface area contributed by atoms with Gasteiger partial charge in [-0.25, -0.2) is 0 Å². The normalized spacial score (nSPS) is 13.6. The molecule has 0 unspecified atom stereocenters. The highest BCUT2D eigenvalue weighted by Gasteiger charge is 2.18. The summed E-state index contributed by atoms with van der Waals surface area (Å²) in [6.45, 7) is 4.36. The maximum atomic E-state index is 9.58. The average molecular weight is 271 g/mol. The van der Waals surface area contributed by atoms with E-state index in [1.165, 1.54) is 5.56 Å². The number of aromatic hydroxyl groups is 1. The molecule has 0 saturated heterocycles. The van der Waals surface area contributed by atoms with Crippen LogP contribution in [-0.2, 0) is 0 Å². The monoisotopic (exact) mass is 271 g/mol. The Morgan fingerprint density at radius 1 is 0.850 bits per heavy atom. The lowest BCUT2D eigenvalue weighted by Crippen LogP contribution is -2.25. The second-order valence-corrected chi connectivity index (χ2v) is 5.02. The smallest absolute Gasteiger partial charge is 0.115 e. The fraction of sp³-hybridized carbons (Fsp3) is 0.333. The Bertz CT molecular complexity index is 524. The minimum atomic E-state index is 0. The Kier molecular flexibility index (Phi) is 5.78. The van der Waals surface area contributed by atoms with Crippen LogP contribution in [0.1, 0.15) is 44.5 Å². The Morgan fingerprint density at radius 3 is 2.00 bits per heavy atom. The van der Waals surface area contributed by atoms with Gasteiger partial charge in [0, 0.05) is 12.1 Å². The van der Waals surface area contributed by atoms with Gasteiger partial charge in [-0.2, -0.15) is 0 Å². The van der Waals surface area contributed by atoms with E-state index in [2.05, 4.69) is 56.1 Å². The van der Waals surface area contributed by atoms with Crippen LogP contribution in [0.25, 0.3) is 0 Å². The van der Waals surface area contributed by atoms with Gasteiger partial charge in [0.25, 0.3) is 0 Å². The van der Waals surface area contributed by atoms with E-state index in [9.17, 15) is 5.11 Å². The molecular weight excluding hydrogens is 246 g/mol. The number of nitrogens with zero attached hydrogens (tertiary/aromatic N) is 1. The Hall–Kier alpha value is -1.80. The van der Waals surface area contributed by atoms with Crippen molar-refractivity contribution >= 4 is 0 Å². The molecule has 0 spiro atoms. The van der Waals surface area contributed by atoms with Gasteiger partial charge in [-0.05, 0) is 44.2 Å². The molecule has 2 aromatic rings. The van der Waals surface area contributed by atoms with Crippen LogP contribution in [0.15, 0.2) is 54.6 Å². The van der Waals surface area contributed by atoms with E-state index in [4.69, 9.17) is 0 Å². The molecule has 0 aromatic heterocycles. The number of benzene rings is 2. The zero-order chi connectivity index (χ0) is 13.8. The number of rotatable bonds is 4.